The Kier molecular flexibility index (Phi) is 7.55. The van der Waals surface area contributed by atoms with Crippen LogP contribution in [-0.2, 0) is 14.4 Å². The number of hydrogen-bond acceptors (Lipinski definition) is 6. The Hall–Kier alpha value is -4.66. The highest BCUT2D eigenvalue weighted by Crippen LogP contribution is 2.48. The van der Waals surface area contributed by atoms with Gasteiger partial charge in [-0.2, -0.15) is 0 Å². The van der Waals surface area contributed by atoms with Crippen molar-refractivity contribution < 1.29 is 33.4 Å². The summed E-state index contributed by atoms with van der Waals surface area (Å²) in [4.78, 5) is 40.5. The maximum absolute atomic E-state index is 14.0. The summed E-state index contributed by atoms with van der Waals surface area (Å²) in [5.41, 5.74) is 3.65. The van der Waals surface area contributed by atoms with Gasteiger partial charge in [-0.25, -0.2) is 4.39 Å². The number of amides is 1. The number of Topliss-reactive ketones (excluding diaryl/α,β-unsaturated/α-hetero) is 1. The van der Waals surface area contributed by atoms with Crippen LogP contribution in [0.1, 0.15) is 48.8 Å². The maximum Gasteiger partial charge on any atom is 0.303 e. The molecule has 40 heavy (non-hydrogen) atoms. The quantitative estimate of drug-likeness (QED) is 0.398. The molecule has 1 aliphatic heterocycles. The van der Waals surface area contributed by atoms with E-state index in [-0.39, 0.29) is 31.0 Å². The molecule has 3 aromatic carbocycles. The predicted molar refractivity (Wildman–Crippen MR) is 147 cm³/mol. The molecule has 0 fully saturated rings. The fourth-order valence-electron chi connectivity index (χ4n) is 5.50. The van der Waals surface area contributed by atoms with Gasteiger partial charge in [-0.3, -0.25) is 19.3 Å². The van der Waals surface area contributed by atoms with Crippen LogP contribution in [0.5, 0.6) is 11.5 Å². The van der Waals surface area contributed by atoms with E-state index in [4.69, 9.17) is 9.47 Å². The van der Waals surface area contributed by atoms with Gasteiger partial charge in [0.15, 0.2) is 17.3 Å². The molecule has 0 unspecified atom stereocenters. The minimum atomic E-state index is -1.10. The van der Waals surface area contributed by atoms with Crippen LogP contribution in [0.15, 0.2) is 78.0 Å². The van der Waals surface area contributed by atoms with Crippen LogP contribution in [-0.4, -0.2) is 37.0 Å². The topological polar surface area (TPSA) is 105 Å². The molecule has 5 rings (SSSR count). The lowest BCUT2D eigenvalue weighted by Crippen LogP contribution is -2.38. The van der Waals surface area contributed by atoms with Crippen molar-refractivity contribution >= 4 is 29.0 Å². The van der Waals surface area contributed by atoms with Crippen LogP contribution in [0.2, 0.25) is 0 Å². The first kappa shape index (κ1) is 26.9. The van der Waals surface area contributed by atoms with Crippen molar-refractivity contribution in [1.82, 2.24) is 0 Å². The van der Waals surface area contributed by atoms with Crippen LogP contribution < -0.4 is 19.7 Å². The Labute approximate surface area is 231 Å². The summed E-state index contributed by atoms with van der Waals surface area (Å²) in [6.07, 6.45) is 0.0374. The van der Waals surface area contributed by atoms with E-state index >= 15 is 0 Å². The number of methoxy groups -OCH3 is 2. The molecule has 1 aliphatic carbocycles. The van der Waals surface area contributed by atoms with E-state index in [0.717, 1.165) is 5.56 Å². The number of fused-ring (bicyclic) bond motifs is 1. The van der Waals surface area contributed by atoms with E-state index < -0.39 is 23.7 Å². The van der Waals surface area contributed by atoms with Crippen molar-refractivity contribution in [2.45, 2.75) is 37.6 Å². The standard InChI is InChI=1S/C31H29FN2O6/c1-39-26-12-9-19(17-27(26)40-2)20-15-23-30(25(35)16-20)31(18-7-10-21(32)11-8-18)34(28(36)13-14-29(37)38)24-6-4-3-5-22(24)33-23/h3-12,17,20,31,33H,13-16H2,1-2H3,(H,37,38)/t20-,31-/m1/s1. The summed E-state index contributed by atoms with van der Waals surface area (Å²) >= 11 is 0. The molecule has 0 radical (unpaired) electrons. The number of ketones is 1. The number of nitrogens with one attached hydrogen (secondary N) is 1. The lowest BCUT2D eigenvalue weighted by atomic mass is 9.78. The third-order valence-electron chi connectivity index (χ3n) is 7.37. The maximum atomic E-state index is 14.0. The Morgan fingerprint density at radius 1 is 0.950 bits per heavy atom. The number of ether oxygens (including phenoxy) is 2. The smallest absolute Gasteiger partial charge is 0.303 e. The molecule has 8 nitrogen and oxygen atoms in total. The lowest BCUT2D eigenvalue weighted by Gasteiger charge is -2.35. The lowest BCUT2D eigenvalue weighted by molar-refractivity contribution is -0.138. The van der Waals surface area contributed by atoms with Gasteiger partial charge >= 0.3 is 5.97 Å². The highest BCUT2D eigenvalue weighted by molar-refractivity contribution is 6.06. The van der Waals surface area contributed by atoms with Crippen LogP contribution in [0, 0.1) is 5.82 Å². The zero-order valence-corrected chi connectivity index (χ0v) is 22.1. The number of aliphatic carboxylic acids is 1. The summed E-state index contributed by atoms with van der Waals surface area (Å²) in [7, 11) is 3.12. The van der Waals surface area contributed by atoms with Crippen molar-refractivity contribution in [2.75, 3.05) is 24.4 Å². The molecular weight excluding hydrogens is 515 g/mol. The number of carboxylic acids is 1. The molecular formula is C31H29FN2O6. The van der Waals surface area contributed by atoms with E-state index in [1.165, 1.54) is 17.0 Å². The fourth-order valence-corrected chi connectivity index (χ4v) is 5.50. The van der Waals surface area contributed by atoms with Gasteiger partial charge in [0.25, 0.3) is 0 Å². The minimum absolute atomic E-state index is 0.160. The van der Waals surface area contributed by atoms with Gasteiger partial charge in [0, 0.05) is 24.1 Å². The summed E-state index contributed by atoms with van der Waals surface area (Å²) in [6, 6.07) is 17.6. The van der Waals surface area contributed by atoms with E-state index in [1.54, 1.807) is 38.5 Å². The molecule has 0 aromatic heterocycles. The monoisotopic (exact) mass is 544 g/mol. The summed E-state index contributed by atoms with van der Waals surface area (Å²) < 4.78 is 24.8. The van der Waals surface area contributed by atoms with Crippen LogP contribution in [0.3, 0.4) is 0 Å². The number of rotatable bonds is 7. The molecule has 2 N–H and O–H groups in total. The number of carbonyl (C=O) groups excluding carboxylic acids is 2. The van der Waals surface area contributed by atoms with Gasteiger partial charge in [0.1, 0.15) is 5.82 Å². The first-order valence-electron chi connectivity index (χ1n) is 12.9. The SMILES string of the molecule is COc1ccc([C@H]2CC(=O)C3=C(C2)Nc2ccccc2N(C(=O)CCC(=O)O)[C@@H]3c2ccc(F)cc2)cc1OC. The van der Waals surface area contributed by atoms with Crippen molar-refractivity contribution in [2.24, 2.45) is 0 Å². The molecule has 0 spiro atoms. The second-order valence-corrected chi connectivity index (χ2v) is 9.79. The number of anilines is 2. The average Bonchev–Trinajstić information content (AvgIpc) is 3.10. The van der Waals surface area contributed by atoms with Gasteiger partial charge < -0.3 is 19.9 Å². The second kappa shape index (κ2) is 11.2. The van der Waals surface area contributed by atoms with Gasteiger partial charge in [0.05, 0.1) is 38.1 Å². The van der Waals surface area contributed by atoms with Crippen LogP contribution in [0.25, 0.3) is 0 Å². The van der Waals surface area contributed by atoms with Gasteiger partial charge in [-0.1, -0.05) is 30.3 Å². The zero-order valence-electron chi connectivity index (χ0n) is 22.1. The largest absolute Gasteiger partial charge is 0.493 e. The number of carbonyl (C=O) groups is 3. The second-order valence-electron chi connectivity index (χ2n) is 9.79. The Balaban J connectivity index is 1.65. The van der Waals surface area contributed by atoms with Gasteiger partial charge in [0.2, 0.25) is 5.91 Å². The van der Waals surface area contributed by atoms with Gasteiger partial charge in [-0.05, 0) is 59.9 Å². The predicted octanol–water partition coefficient (Wildman–Crippen LogP) is 5.61. The number of nitrogens with zero attached hydrogens (tertiary/aromatic N) is 1. The minimum Gasteiger partial charge on any atom is -0.493 e. The molecule has 0 saturated heterocycles. The number of hydrogen-bond donors (Lipinski definition) is 2. The molecule has 206 valence electrons. The summed E-state index contributed by atoms with van der Waals surface area (Å²) in [6.45, 7) is 0. The van der Waals surface area contributed by atoms with E-state index in [9.17, 15) is 23.9 Å². The number of benzene rings is 3. The van der Waals surface area contributed by atoms with Crippen LogP contribution in [0.4, 0.5) is 15.8 Å². The van der Waals surface area contributed by atoms with Crippen molar-refractivity contribution in [1.29, 1.82) is 0 Å². The van der Waals surface area contributed by atoms with Crippen molar-refractivity contribution in [3.05, 3.63) is 94.9 Å². The van der Waals surface area contributed by atoms with E-state index in [2.05, 4.69) is 5.32 Å². The first-order valence-corrected chi connectivity index (χ1v) is 12.9. The Morgan fingerprint density at radius 2 is 1.65 bits per heavy atom. The Bertz CT molecular complexity index is 1500. The number of halogens is 1. The molecule has 0 bridgehead atoms. The summed E-state index contributed by atoms with van der Waals surface area (Å²) in [5.74, 6) is -1.18. The number of allylic oxidation sites excluding steroid dienone is 1. The third-order valence-corrected chi connectivity index (χ3v) is 7.37. The highest BCUT2D eigenvalue weighted by Gasteiger charge is 2.41. The number of carboxylic acid groups (broad SMARTS) is 1. The molecule has 2 atom stereocenters. The average molecular weight is 545 g/mol. The third kappa shape index (κ3) is 5.14. The van der Waals surface area contributed by atoms with E-state index in [0.29, 0.717) is 46.1 Å². The molecule has 2 aliphatic rings. The highest BCUT2D eigenvalue weighted by atomic mass is 19.1. The normalized spacial score (nSPS) is 18.3. The van der Waals surface area contributed by atoms with Crippen molar-refractivity contribution in [3.63, 3.8) is 0 Å². The molecule has 3 aromatic rings. The zero-order chi connectivity index (χ0) is 28.4. The first-order chi connectivity index (χ1) is 19.3. The molecule has 1 amide bonds. The molecule has 1 heterocycles. The number of para-hydroxylation sites is 2. The molecule has 9 heteroatoms. The molecule has 0 saturated carbocycles. The van der Waals surface area contributed by atoms with E-state index in [1.807, 2.05) is 30.3 Å². The summed E-state index contributed by atoms with van der Waals surface area (Å²) in [5, 5.41) is 12.7. The van der Waals surface area contributed by atoms with Crippen molar-refractivity contribution in [3.8, 4) is 11.5 Å². The van der Waals surface area contributed by atoms with Crippen LogP contribution >= 0.6 is 0 Å². The van der Waals surface area contributed by atoms with Gasteiger partial charge in [-0.15, -0.1) is 0 Å². The Morgan fingerprint density at radius 3 is 2.35 bits per heavy atom. The fraction of sp³-hybridized carbons (Fsp3) is 0.258.